The second kappa shape index (κ2) is 6.36. The minimum absolute atomic E-state index is 0.288. The molecule has 1 saturated heterocycles. The third-order valence-electron chi connectivity index (χ3n) is 2.99. The molecule has 0 aromatic heterocycles. The number of rotatable bonds is 4. The molecule has 4 heteroatoms. The molecule has 1 heterocycles. The Morgan fingerprint density at radius 3 is 3.06 bits per heavy atom. The van der Waals surface area contributed by atoms with E-state index in [0.717, 1.165) is 43.4 Å². The van der Waals surface area contributed by atoms with Gasteiger partial charge in [0.05, 0.1) is 12.7 Å². The lowest BCUT2D eigenvalue weighted by Gasteiger charge is -2.30. The van der Waals surface area contributed by atoms with Gasteiger partial charge in [-0.1, -0.05) is 29.8 Å². The Kier molecular flexibility index (Phi) is 4.80. The number of nitrogens with one attached hydrogen (secondary N) is 1. The van der Waals surface area contributed by atoms with Gasteiger partial charge in [-0.2, -0.15) is 0 Å². The third kappa shape index (κ3) is 3.96. The van der Waals surface area contributed by atoms with Crippen LogP contribution in [0.1, 0.15) is 5.56 Å². The van der Waals surface area contributed by atoms with Crippen molar-refractivity contribution >= 4 is 11.6 Å². The first-order valence-electron chi connectivity index (χ1n) is 6.00. The Bertz CT molecular complexity index is 359. The highest BCUT2D eigenvalue weighted by molar-refractivity contribution is 6.31. The standard InChI is InChI=1S/C13H19ClN2O/c1-16-6-7-17-12(10-16)9-15-8-11-4-2-3-5-13(11)14/h2-5,12,15H,6-10H2,1H3/t12-/m1/s1. The molecule has 0 radical (unpaired) electrons. The normalized spacial score (nSPS) is 21.6. The van der Waals surface area contributed by atoms with Crippen molar-refractivity contribution in [2.45, 2.75) is 12.6 Å². The molecule has 1 aromatic rings. The van der Waals surface area contributed by atoms with Crippen molar-refractivity contribution in [3.8, 4) is 0 Å². The summed E-state index contributed by atoms with van der Waals surface area (Å²) in [6, 6.07) is 7.92. The number of nitrogens with zero attached hydrogens (tertiary/aromatic N) is 1. The number of hydrogen-bond acceptors (Lipinski definition) is 3. The molecule has 2 rings (SSSR count). The van der Waals surface area contributed by atoms with E-state index in [1.807, 2.05) is 24.3 Å². The van der Waals surface area contributed by atoms with E-state index in [0.29, 0.717) is 0 Å². The Hall–Kier alpha value is -0.610. The monoisotopic (exact) mass is 254 g/mol. The molecule has 0 bridgehead atoms. The van der Waals surface area contributed by atoms with E-state index in [2.05, 4.69) is 17.3 Å². The van der Waals surface area contributed by atoms with Crippen LogP contribution >= 0.6 is 11.6 Å². The predicted octanol–water partition coefficient (Wildman–Crippen LogP) is 1.76. The molecule has 0 spiro atoms. The summed E-state index contributed by atoms with van der Waals surface area (Å²) in [5, 5.41) is 4.22. The van der Waals surface area contributed by atoms with Crippen LogP contribution in [0.5, 0.6) is 0 Å². The summed E-state index contributed by atoms with van der Waals surface area (Å²) in [7, 11) is 2.13. The Balaban J connectivity index is 1.74. The lowest BCUT2D eigenvalue weighted by Crippen LogP contribution is -2.44. The van der Waals surface area contributed by atoms with Crippen LogP contribution in [0.2, 0.25) is 5.02 Å². The van der Waals surface area contributed by atoms with Crippen LogP contribution in [-0.4, -0.2) is 44.3 Å². The summed E-state index contributed by atoms with van der Waals surface area (Å²) < 4.78 is 5.68. The van der Waals surface area contributed by atoms with E-state index < -0.39 is 0 Å². The summed E-state index contributed by atoms with van der Waals surface area (Å²) in [5.41, 5.74) is 1.14. The van der Waals surface area contributed by atoms with Crippen molar-refractivity contribution in [2.24, 2.45) is 0 Å². The van der Waals surface area contributed by atoms with E-state index in [-0.39, 0.29) is 6.10 Å². The molecule has 1 fully saturated rings. The molecule has 94 valence electrons. The van der Waals surface area contributed by atoms with Crippen LogP contribution in [0.3, 0.4) is 0 Å². The second-order valence-corrected chi connectivity index (χ2v) is 4.88. The topological polar surface area (TPSA) is 24.5 Å². The number of halogens is 1. The van der Waals surface area contributed by atoms with Gasteiger partial charge in [-0.25, -0.2) is 0 Å². The molecule has 17 heavy (non-hydrogen) atoms. The first-order chi connectivity index (χ1) is 8.25. The molecule has 1 atom stereocenters. The van der Waals surface area contributed by atoms with Crippen LogP contribution in [0.25, 0.3) is 0 Å². The van der Waals surface area contributed by atoms with Gasteiger partial charge in [0.2, 0.25) is 0 Å². The smallest absolute Gasteiger partial charge is 0.0826 e. The van der Waals surface area contributed by atoms with Gasteiger partial charge in [0.25, 0.3) is 0 Å². The average Bonchev–Trinajstić information content (AvgIpc) is 2.32. The van der Waals surface area contributed by atoms with Gasteiger partial charge in [0, 0.05) is 31.2 Å². The Morgan fingerprint density at radius 2 is 2.29 bits per heavy atom. The van der Waals surface area contributed by atoms with E-state index in [1.54, 1.807) is 0 Å². The molecule has 0 aliphatic carbocycles. The van der Waals surface area contributed by atoms with Gasteiger partial charge in [0.1, 0.15) is 0 Å². The molecule has 1 aliphatic rings. The number of morpholine rings is 1. The van der Waals surface area contributed by atoms with Crippen LogP contribution < -0.4 is 5.32 Å². The van der Waals surface area contributed by atoms with Crippen molar-refractivity contribution in [1.82, 2.24) is 10.2 Å². The van der Waals surface area contributed by atoms with E-state index >= 15 is 0 Å². The summed E-state index contributed by atoms with van der Waals surface area (Å²) in [6.45, 7) is 4.52. The fourth-order valence-corrected chi connectivity index (χ4v) is 2.20. The molecule has 1 aliphatic heterocycles. The summed E-state index contributed by atoms with van der Waals surface area (Å²) in [5.74, 6) is 0. The molecule has 1 N–H and O–H groups in total. The summed E-state index contributed by atoms with van der Waals surface area (Å²) in [4.78, 5) is 2.30. The second-order valence-electron chi connectivity index (χ2n) is 4.48. The maximum Gasteiger partial charge on any atom is 0.0826 e. The lowest BCUT2D eigenvalue weighted by atomic mass is 10.2. The maximum atomic E-state index is 6.09. The average molecular weight is 255 g/mol. The van der Waals surface area contributed by atoms with E-state index in [1.165, 1.54) is 0 Å². The first-order valence-corrected chi connectivity index (χ1v) is 6.38. The van der Waals surface area contributed by atoms with Crippen LogP contribution in [-0.2, 0) is 11.3 Å². The van der Waals surface area contributed by atoms with Crippen LogP contribution in [0, 0.1) is 0 Å². The van der Waals surface area contributed by atoms with Crippen LogP contribution in [0.4, 0.5) is 0 Å². The minimum Gasteiger partial charge on any atom is -0.374 e. The quantitative estimate of drug-likeness (QED) is 0.886. The van der Waals surface area contributed by atoms with E-state index in [4.69, 9.17) is 16.3 Å². The van der Waals surface area contributed by atoms with Gasteiger partial charge in [-0.05, 0) is 18.7 Å². The molecular formula is C13H19ClN2O. The molecular weight excluding hydrogens is 236 g/mol. The Labute approximate surface area is 108 Å². The van der Waals surface area contributed by atoms with Crippen molar-refractivity contribution in [1.29, 1.82) is 0 Å². The van der Waals surface area contributed by atoms with Gasteiger partial charge < -0.3 is 15.0 Å². The zero-order valence-corrected chi connectivity index (χ0v) is 10.9. The number of hydrogen-bond donors (Lipinski definition) is 1. The maximum absolute atomic E-state index is 6.09. The number of likely N-dealkylation sites (N-methyl/N-ethyl adjacent to an activating group) is 1. The highest BCUT2D eigenvalue weighted by Gasteiger charge is 2.16. The molecule has 1 aromatic carbocycles. The highest BCUT2D eigenvalue weighted by atomic mass is 35.5. The lowest BCUT2D eigenvalue weighted by molar-refractivity contribution is -0.0182. The van der Waals surface area contributed by atoms with Crippen molar-refractivity contribution in [3.05, 3.63) is 34.9 Å². The minimum atomic E-state index is 0.288. The first kappa shape index (κ1) is 12.8. The zero-order chi connectivity index (χ0) is 12.1. The van der Waals surface area contributed by atoms with Crippen molar-refractivity contribution in [3.63, 3.8) is 0 Å². The van der Waals surface area contributed by atoms with E-state index in [9.17, 15) is 0 Å². The largest absolute Gasteiger partial charge is 0.374 e. The van der Waals surface area contributed by atoms with Crippen molar-refractivity contribution in [2.75, 3.05) is 33.3 Å². The fourth-order valence-electron chi connectivity index (χ4n) is 2.00. The molecule has 3 nitrogen and oxygen atoms in total. The predicted molar refractivity (Wildman–Crippen MR) is 70.4 cm³/mol. The fraction of sp³-hybridized carbons (Fsp3) is 0.538. The third-order valence-corrected chi connectivity index (χ3v) is 3.36. The van der Waals surface area contributed by atoms with Crippen molar-refractivity contribution < 1.29 is 4.74 Å². The van der Waals surface area contributed by atoms with Gasteiger partial charge >= 0.3 is 0 Å². The summed E-state index contributed by atoms with van der Waals surface area (Å²) >= 11 is 6.09. The summed E-state index contributed by atoms with van der Waals surface area (Å²) in [6.07, 6.45) is 0.288. The Morgan fingerprint density at radius 1 is 1.47 bits per heavy atom. The zero-order valence-electron chi connectivity index (χ0n) is 10.2. The molecule has 0 saturated carbocycles. The van der Waals surface area contributed by atoms with Crippen LogP contribution in [0.15, 0.2) is 24.3 Å². The number of benzene rings is 1. The number of ether oxygens (including phenoxy) is 1. The highest BCUT2D eigenvalue weighted by Crippen LogP contribution is 2.14. The molecule has 0 amide bonds. The molecule has 0 unspecified atom stereocenters. The van der Waals surface area contributed by atoms with Gasteiger partial charge in [0.15, 0.2) is 0 Å². The SMILES string of the molecule is CN1CCO[C@H](CNCc2ccccc2Cl)C1. The van der Waals surface area contributed by atoms with Gasteiger partial charge in [-0.15, -0.1) is 0 Å². The van der Waals surface area contributed by atoms with Gasteiger partial charge in [-0.3, -0.25) is 0 Å².